The molecule has 36 heavy (non-hydrogen) atoms. The fraction of sp³-hybridized carbons (Fsp3) is 0.348. The van der Waals surface area contributed by atoms with Crippen LogP contribution in [0.15, 0.2) is 48.5 Å². The third-order valence-electron chi connectivity index (χ3n) is 6.13. The summed E-state index contributed by atoms with van der Waals surface area (Å²) in [6.07, 6.45) is -8.98. The van der Waals surface area contributed by atoms with Crippen molar-refractivity contribution in [2.24, 2.45) is 5.73 Å². The number of halogens is 8. The van der Waals surface area contributed by atoms with Crippen LogP contribution in [0.1, 0.15) is 28.7 Å². The highest BCUT2D eigenvalue weighted by Crippen LogP contribution is 2.49. The van der Waals surface area contributed by atoms with Gasteiger partial charge in [0.05, 0.1) is 24.4 Å². The lowest BCUT2D eigenvalue weighted by Crippen LogP contribution is -2.62. The van der Waals surface area contributed by atoms with Gasteiger partial charge in [-0.15, -0.1) is 0 Å². The van der Waals surface area contributed by atoms with E-state index in [1.165, 1.54) is 17.0 Å². The summed E-state index contributed by atoms with van der Waals surface area (Å²) in [5.41, 5.74) is 1.13. The lowest BCUT2D eigenvalue weighted by molar-refractivity contribution is -0.269. The highest BCUT2D eigenvalue weighted by atomic mass is 35.5. The summed E-state index contributed by atoms with van der Waals surface area (Å²) in [6.45, 7) is -0.207. The van der Waals surface area contributed by atoms with Gasteiger partial charge < -0.3 is 10.6 Å². The number of hydrogen-bond acceptors (Lipinski definition) is 3. The van der Waals surface area contributed by atoms with Gasteiger partial charge in [-0.3, -0.25) is 10.3 Å². The van der Waals surface area contributed by atoms with E-state index in [0.29, 0.717) is 30.2 Å². The number of hydrogen-bond donors (Lipinski definition) is 2. The summed E-state index contributed by atoms with van der Waals surface area (Å²) in [6, 6.07) is 7.06. The number of aryl methyl sites for hydroxylation is 1. The van der Waals surface area contributed by atoms with E-state index in [2.05, 4.69) is 5.48 Å². The maximum Gasteiger partial charge on any atom is 0.428 e. The molecule has 5 nitrogen and oxygen atoms in total. The number of nitrogens with zero attached hydrogens (tertiary/aromatic N) is 1. The molecule has 0 spiro atoms. The van der Waals surface area contributed by atoms with E-state index in [1.807, 2.05) is 0 Å². The number of nitrogens with two attached hydrogens (primary N) is 1. The zero-order valence-electron chi connectivity index (χ0n) is 18.3. The molecule has 1 saturated heterocycles. The molecule has 1 unspecified atom stereocenters. The molecule has 0 radical (unpaired) electrons. The molecule has 194 valence electrons. The van der Waals surface area contributed by atoms with Gasteiger partial charge in [0, 0.05) is 10.6 Å². The number of likely N-dealkylation sites (tertiary alicyclic amines) is 1. The number of nitrogens with one attached hydrogen (secondary N) is 1. The summed E-state index contributed by atoms with van der Waals surface area (Å²) in [5, 5.41) is -0.533. The monoisotopic (exact) mass is 537 g/mol. The average molecular weight is 538 g/mol. The maximum absolute atomic E-state index is 14.5. The van der Waals surface area contributed by atoms with Crippen LogP contribution >= 0.6 is 11.6 Å². The van der Waals surface area contributed by atoms with Crippen LogP contribution in [0.5, 0.6) is 0 Å². The van der Waals surface area contributed by atoms with Gasteiger partial charge >= 0.3 is 18.4 Å². The van der Waals surface area contributed by atoms with Crippen molar-refractivity contribution in [3.8, 4) is 0 Å². The zero-order chi connectivity index (χ0) is 26.5. The number of hydroxylamine groups is 1. The second-order valence-corrected chi connectivity index (χ2v) is 9.20. The third-order valence-corrected chi connectivity index (χ3v) is 6.35. The second-order valence-electron chi connectivity index (χ2n) is 8.76. The van der Waals surface area contributed by atoms with E-state index >= 15 is 0 Å². The van der Waals surface area contributed by atoms with Crippen LogP contribution < -0.4 is 11.2 Å². The predicted octanol–water partition coefficient (Wildman–Crippen LogP) is 5.73. The van der Waals surface area contributed by atoms with E-state index in [-0.39, 0.29) is 30.8 Å². The minimum atomic E-state index is -5.13. The Bertz CT molecular complexity index is 1190. The Hall–Kier alpha value is -2.99. The summed E-state index contributed by atoms with van der Waals surface area (Å²) < 4.78 is 96.6. The Kier molecular flexibility index (Phi) is 6.40. The van der Waals surface area contributed by atoms with Crippen molar-refractivity contribution in [2.45, 2.75) is 36.5 Å². The van der Waals surface area contributed by atoms with Gasteiger partial charge in [0.25, 0.3) is 0 Å². The normalized spacial score (nSPS) is 21.6. The van der Waals surface area contributed by atoms with Crippen molar-refractivity contribution >= 4 is 23.3 Å². The molecule has 1 fully saturated rings. The lowest BCUT2D eigenvalue weighted by atomic mass is 9.89. The molecule has 2 aliphatic heterocycles. The Morgan fingerprint density at radius 3 is 2.28 bits per heavy atom. The van der Waals surface area contributed by atoms with E-state index in [1.54, 1.807) is 12.1 Å². The molecule has 2 amide bonds. The van der Waals surface area contributed by atoms with Crippen LogP contribution in [0.25, 0.3) is 5.70 Å². The van der Waals surface area contributed by atoms with Gasteiger partial charge in [0.1, 0.15) is 5.67 Å². The fourth-order valence-electron chi connectivity index (χ4n) is 4.12. The number of benzene rings is 2. The van der Waals surface area contributed by atoms with E-state index < -0.39 is 45.8 Å². The van der Waals surface area contributed by atoms with Gasteiger partial charge in [-0.1, -0.05) is 35.9 Å². The molecule has 4 rings (SSSR count). The molecule has 0 bridgehead atoms. The maximum atomic E-state index is 14.5. The third kappa shape index (κ3) is 4.96. The minimum absolute atomic E-state index is 0.104. The SMILES string of the molecule is NC(=O)N1CC(F)(CCc2ccc(C3=CC(c4cc(Cl)cc(C(F)(F)F)c4)(C(F)(F)F)ON3)cc2)C1. The van der Waals surface area contributed by atoms with Crippen LogP contribution in [-0.4, -0.2) is 35.9 Å². The van der Waals surface area contributed by atoms with Gasteiger partial charge in [-0.05, 0) is 48.2 Å². The number of urea groups is 1. The Balaban J connectivity index is 1.56. The average Bonchev–Trinajstić information content (AvgIpc) is 3.22. The standard InChI is InChI=1S/C23H19ClF7N3O2/c24-17-8-15(7-16(9-17)22(26,27)28)21(23(29,30)31)10-18(33-36-21)14-3-1-13(2-4-14)5-6-20(25)11-34(12-20)19(32)35/h1-4,7-10,33H,5-6,11-12H2,(H2,32,35). The molecule has 2 heterocycles. The molecular formula is C23H19ClF7N3O2. The van der Waals surface area contributed by atoms with Gasteiger partial charge in [0.15, 0.2) is 0 Å². The van der Waals surface area contributed by atoms with Crippen molar-refractivity contribution in [1.82, 2.24) is 10.4 Å². The first-order valence-electron chi connectivity index (χ1n) is 10.6. The topological polar surface area (TPSA) is 67.6 Å². The van der Waals surface area contributed by atoms with Crippen molar-refractivity contribution in [3.63, 3.8) is 0 Å². The number of primary amides is 1. The highest BCUT2D eigenvalue weighted by Gasteiger charge is 2.60. The second kappa shape index (κ2) is 8.84. The van der Waals surface area contributed by atoms with Crippen LogP contribution in [0.4, 0.5) is 35.5 Å². The number of rotatable bonds is 5. The number of carbonyl (C=O) groups excluding carboxylic acids is 1. The summed E-state index contributed by atoms with van der Waals surface area (Å²) >= 11 is 5.70. The summed E-state index contributed by atoms with van der Waals surface area (Å²) in [4.78, 5) is 17.1. The molecule has 0 saturated carbocycles. The molecule has 3 N–H and O–H groups in total. The Morgan fingerprint density at radius 1 is 1.08 bits per heavy atom. The van der Waals surface area contributed by atoms with Crippen LogP contribution in [0.3, 0.4) is 0 Å². The summed E-state index contributed by atoms with van der Waals surface area (Å²) in [5.74, 6) is 0. The molecular weight excluding hydrogens is 519 g/mol. The van der Waals surface area contributed by atoms with Gasteiger partial charge in [0.2, 0.25) is 5.60 Å². The van der Waals surface area contributed by atoms with Crippen LogP contribution in [-0.2, 0) is 23.0 Å². The number of carbonyl (C=O) groups is 1. The van der Waals surface area contributed by atoms with Crippen molar-refractivity contribution in [1.29, 1.82) is 0 Å². The van der Waals surface area contributed by atoms with Crippen molar-refractivity contribution in [2.75, 3.05) is 13.1 Å². The molecule has 2 aliphatic rings. The molecule has 1 atom stereocenters. The minimum Gasteiger partial charge on any atom is -0.351 e. The first-order chi connectivity index (χ1) is 16.6. The fourth-order valence-corrected chi connectivity index (χ4v) is 4.36. The van der Waals surface area contributed by atoms with Crippen molar-refractivity contribution < 1.29 is 40.4 Å². The molecule has 2 aromatic rings. The number of amides is 2. The van der Waals surface area contributed by atoms with E-state index in [4.69, 9.17) is 22.2 Å². The smallest absolute Gasteiger partial charge is 0.351 e. The molecule has 2 aromatic carbocycles. The van der Waals surface area contributed by atoms with Gasteiger partial charge in [-0.25, -0.2) is 9.18 Å². The molecule has 0 aliphatic carbocycles. The van der Waals surface area contributed by atoms with Crippen LogP contribution in [0, 0.1) is 0 Å². The predicted molar refractivity (Wildman–Crippen MR) is 116 cm³/mol. The quantitative estimate of drug-likeness (QED) is 0.479. The van der Waals surface area contributed by atoms with Crippen molar-refractivity contribution in [3.05, 3.63) is 75.8 Å². The van der Waals surface area contributed by atoms with Crippen LogP contribution in [0.2, 0.25) is 5.02 Å². The Labute approximate surface area is 205 Å². The van der Waals surface area contributed by atoms with E-state index in [9.17, 15) is 35.5 Å². The zero-order valence-corrected chi connectivity index (χ0v) is 19.1. The first kappa shape index (κ1) is 26.1. The highest BCUT2D eigenvalue weighted by molar-refractivity contribution is 6.30. The Morgan fingerprint density at radius 2 is 1.72 bits per heavy atom. The largest absolute Gasteiger partial charge is 0.428 e. The first-order valence-corrected chi connectivity index (χ1v) is 10.9. The van der Waals surface area contributed by atoms with E-state index in [0.717, 1.165) is 6.07 Å². The summed E-state index contributed by atoms with van der Waals surface area (Å²) in [7, 11) is 0. The number of alkyl halides is 7. The molecule has 13 heteroatoms. The van der Waals surface area contributed by atoms with Gasteiger partial charge in [-0.2, -0.15) is 26.3 Å². The molecule has 0 aromatic heterocycles. The lowest BCUT2D eigenvalue weighted by Gasteiger charge is -2.43.